The molecule has 0 bridgehead atoms. The van der Waals surface area contributed by atoms with Crippen molar-refractivity contribution in [3.63, 3.8) is 0 Å². The second kappa shape index (κ2) is 5.26. The topological polar surface area (TPSA) is 90.7 Å². The van der Waals surface area contributed by atoms with Gasteiger partial charge < -0.3 is 15.1 Å². The van der Waals surface area contributed by atoms with E-state index in [9.17, 15) is 14.7 Å². The minimum absolute atomic E-state index is 0.0863. The minimum atomic E-state index is -1.02. The first-order chi connectivity index (χ1) is 8.61. The molecule has 0 aromatic carbocycles. The molecule has 1 saturated heterocycles. The third-order valence-electron chi connectivity index (χ3n) is 2.70. The summed E-state index contributed by atoms with van der Waals surface area (Å²) in [6.07, 6.45) is 2.56. The van der Waals surface area contributed by atoms with Crippen molar-refractivity contribution < 1.29 is 19.8 Å². The first-order valence-corrected chi connectivity index (χ1v) is 6.51. The minimum Gasteiger partial charge on any atom is -0.505 e. The molecule has 2 N–H and O–H groups in total. The van der Waals surface area contributed by atoms with Crippen LogP contribution in [0.4, 0.5) is 0 Å². The van der Waals surface area contributed by atoms with Crippen LogP contribution in [-0.4, -0.2) is 56.1 Å². The van der Waals surface area contributed by atoms with Crippen LogP contribution in [0.25, 0.3) is 0 Å². The largest absolute Gasteiger partial charge is 0.505 e. The molecule has 1 aromatic heterocycles. The molecule has 2 heterocycles. The van der Waals surface area contributed by atoms with E-state index >= 15 is 0 Å². The number of aliphatic carboxylic acids is 1. The van der Waals surface area contributed by atoms with Gasteiger partial charge in [0.05, 0.1) is 11.8 Å². The van der Waals surface area contributed by atoms with Crippen LogP contribution in [0.5, 0.6) is 5.75 Å². The monoisotopic (exact) mass is 268 g/mol. The fourth-order valence-electron chi connectivity index (χ4n) is 1.77. The lowest BCUT2D eigenvalue weighted by Crippen LogP contribution is -2.50. The summed E-state index contributed by atoms with van der Waals surface area (Å²) in [4.78, 5) is 28.3. The Bertz CT molecular complexity index is 480. The number of carbonyl (C=O) groups excluding carboxylic acids is 1. The van der Waals surface area contributed by atoms with Crippen LogP contribution in [0.3, 0.4) is 0 Å². The van der Waals surface area contributed by atoms with Crippen LogP contribution in [-0.2, 0) is 4.79 Å². The Balaban J connectivity index is 2.27. The molecule has 1 fully saturated rings. The number of aromatic nitrogens is 1. The Hall–Kier alpha value is -1.76. The van der Waals surface area contributed by atoms with Crippen LogP contribution in [0.15, 0.2) is 18.5 Å². The van der Waals surface area contributed by atoms with E-state index in [-0.39, 0.29) is 11.3 Å². The van der Waals surface area contributed by atoms with E-state index in [1.807, 2.05) is 0 Å². The molecule has 0 radical (unpaired) electrons. The van der Waals surface area contributed by atoms with E-state index in [1.54, 1.807) is 0 Å². The number of aromatic hydroxyl groups is 1. The van der Waals surface area contributed by atoms with Crippen molar-refractivity contribution in [3.05, 3.63) is 24.0 Å². The van der Waals surface area contributed by atoms with Gasteiger partial charge in [-0.15, -0.1) is 0 Å². The van der Waals surface area contributed by atoms with Crippen LogP contribution in [0.1, 0.15) is 10.4 Å². The van der Waals surface area contributed by atoms with Crippen LogP contribution >= 0.6 is 11.8 Å². The van der Waals surface area contributed by atoms with Gasteiger partial charge in [-0.2, -0.15) is 11.8 Å². The Labute approximate surface area is 108 Å². The van der Waals surface area contributed by atoms with E-state index in [4.69, 9.17) is 5.11 Å². The molecular formula is C11H12N2O4S. The molecule has 0 spiro atoms. The fourth-order valence-corrected chi connectivity index (χ4v) is 2.81. The van der Waals surface area contributed by atoms with Gasteiger partial charge >= 0.3 is 5.97 Å². The van der Waals surface area contributed by atoms with Crippen LogP contribution in [0, 0.1) is 0 Å². The number of amides is 1. The maximum Gasteiger partial charge on any atom is 0.327 e. The Morgan fingerprint density at radius 1 is 1.50 bits per heavy atom. The lowest BCUT2D eigenvalue weighted by molar-refractivity contribution is -0.141. The van der Waals surface area contributed by atoms with Crippen molar-refractivity contribution in [2.24, 2.45) is 0 Å². The lowest BCUT2D eigenvalue weighted by Gasteiger charge is -2.32. The molecule has 1 aromatic rings. The Kier molecular flexibility index (Phi) is 3.71. The van der Waals surface area contributed by atoms with Gasteiger partial charge in [0.1, 0.15) is 11.8 Å². The van der Waals surface area contributed by atoms with Gasteiger partial charge in [0, 0.05) is 24.2 Å². The molecule has 0 aliphatic carbocycles. The molecule has 1 atom stereocenters. The summed E-state index contributed by atoms with van der Waals surface area (Å²) in [6, 6.07) is 0.544. The van der Waals surface area contributed by atoms with E-state index in [2.05, 4.69) is 4.98 Å². The van der Waals surface area contributed by atoms with Crippen molar-refractivity contribution >= 4 is 23.6 Å². The van der Waals surface area contributed by atoms with E-state index in [0.29, 0.717) is 18.1 Å². The Morgan fingerprint density at radius 3 is 2.94 bits per heavy atom. The third kappa shape index (κ3) is 2.40. The zero-order valence-corrected chi connectivity index (χ0v) is 10.3. The number of hydrogen-bond acceptors (Lipinski definition) is 5. The number of rotatable bonds is 2. The summed E-state index contributed by atoms with van der Waals surface area (Å²) in [5.41, 5.74) is 0.0863. The predicted molar refractivity (Wildman–Crippen MR) is 65.7 cm³/mol. The number of carboxylic acid groups (broad SMARTS) is 1. The summed E-state index contributed by atoms with van der Waals surface area (Å²) in [7, 11) is 0. The van der Waals surface area contributed by atoms with E-state index < -0.39 is 17.9 Å². The summed E-state index contributed by atoms with van der Waals surface area (Å²) in [5.74, 6) is -0.662. The molecule has 7 heteroatoms. The second-order valence-corrected chi connectivity index (χ2v) is 4.97. The molecule has 1 amide bonds. The average molecular weight is 268 g/mol. The van der Waals surface area contributed by atoms with Crippen molar-refractivity contribution in [2.45, 2.75) is 6.04 Å². The highest BCUT2D eigenvalue weighted by Crippen LogP contribution is 2.22. The maximum absolute atomic E-state index is 12.2. The van der Waals surface area contributed by atoms with Gasteiger partial charge in [0.15, 0.2) is 0 Å². The number of thioether (sulfide) groups is 1. The molecule has 6 nitrogen and oxygen atoms in total. The maximum atomic E-state index is 12.2. The van der Waals surface area contributed by atoms with Crippen molar-refractivity contribution in [2.75, 3.05) is 18.1 Å². The van der Waals surface area contributed by atoms with Crippen LogP contribution in [0.2, 0.25) is 0 Å². The molecule has 18 heavy (non-hydrogen) atoms. The molecule has 1 unspecified atom stereocenters. The summed E-state index contributed by atoms with van der Waals surface area (Å²) in [5, 5.41) is 18.7. The highest BCUT2D eigenvalue weighted by Gasteiger charge is 2.33. The number of carbonyl (C=O) groups is 2. The quantitative estimate of drug-likeness (QED) is 0.808. The fraction of sp³-hybridized carbons (Fsp3) is 0.364. The normalized spacial score (nSPS) is 19.6. The van der Waals surface area contributed by atoms with E-state index in [0.717, 1.165) is 0 Å². The zero-order valence-electron chi connectivity index (χ0n) is 9.44. The first-order valence-electron chi connectivity index (χ1n) is 5.35. The average Bonchev–Trinajstić information content (AvgIpc) is 2.38. The van der Waals surface area contributed by atoms with Gasteiger partial charge in [-0.05, 0) is 6.07 Å². The lowest BCUT2D eigenvalue weighted by atomic mass is 10.1. The van der Waals surface area contributed by atoms with Gasteiger partial charge in [-0.25, -0.2) is 4.79 Å². The van der Waals surface area contributed by atoms with Gasteiger partial charge in [0.25, 0.3) is 5.91 Å². The predicted octanol–water partition coefficient (Wildman–Crippen LogP) is 0.429. The number of pyridine rings is 1. The van der Waals surface area contributed by atoms with E-state index in [1.165, 1.54) is 35.1 Å². The van der Waals surface area contributed by atoms with Crippen molar-refractivity contribution in [1.29, 1.82) is 0 Å². The molecular weight excluding hydrogens is 256 g/mol. The SMILES string of the molecule is O=C(O)C1CSCCN1C(=O)c1ccncc1O. The molecule has 1 aliphatic rings. The van der Waals surface area contributed by atoms with Crippen molar-refractivity contribution in [1.82, 2.24) is 9.88 Å². The van der Waals surface area contributed by atoms with Gasteiger partial charge in [-0.3, -0.25) is 9.78 Å². The molecule has 96 valence electrons. The summed E-state index contributed by atoms with van der Waals surface area (Å²) < 4.78 is 0. The highest BCUT2D eigenvalue weighted by atomic mass is 32.2. The molecule has 0 saturated carbocycles. The number of hydrogen-bond donors (Lipinski definition) is 2. The first kappa shape index (κ1) is 12.7. The number of carboxylic acids is 1. The smallest absolute Gasteiger partial charge is 0.327 e. The zero-order chi connectivity index (χ0) is 13.1. The van der Waals surface area contributed by atoms with Crippen molar-refractivity contribution in [3.8, 4) is 5.75 Å². The standard InChI is InChI=1S/C11H12N2O4S/c14-9-5-12-2-1-7(9)10(15)13-3-4-18-6-8(13)11(16)17/h1-2,5,8,14H,3-4,6H2,(H,16,17). The van der Waals surface area contributed by atoms with Gasteiger partial charge in [0.2, 0.25) is 0 Å². The van der Waals surface area contributed by atoms with Gasteiger partial charge in [-0.1, -0.05) is 0 Å². The molecule has 1 aliphatic heterocycles. The van der Waals surface area contributed by atoms with Crippen LogP contribution < -0.4 is 0 Å². The Morgan fingerprint density at radius 2 is 2.28 bits per heavy atom. The highest BCUT2D eigenvalue weighted by molar-refractivity contribution is 7.99. The molecule has 2 rings (SSSR count). The second-order valence-electron chi connectivity index (χ2n) is 3.82. The summed E-state index contributed by atoms with van der Waals surface area (Å²) >= 11 is 1.50. The number of nitrogens with zero attached hydrogens (tertiary/aromatic N) is 2. The third-order valence-corrected chi connectivity index (χ3v) is 3.73. The summed E-state index contributed by atoms with van der Waals surface area (Å²) in [6.45, 7) is 0.363.